The summed E-state index contributed by atoms with van der Waals surface area (Å²) in [6, 6.07) is 12.8. The van der Waals surface area contributed by atoms with E-state index in [0.717, 1.165) is 28.0 Å². The number of anilines is 1. The van der Waals surface area contributed by atoms with Crippen LogP contribution in [0.1, 0.15) is 5.69 Å². The minimum absolute atomic E-state index is 0.216. The first-order chi connectivity index (χ1) is 15.0. The van der Waals surface area contributed by atoms with Crippen LogP contribution in [0.3, 0.4) is 0 Å². The van der Waals surface area contributed by atoms with Crippen LogP contribution in [0.5, 0.6) is 5.75 Å². The number of amides is 2. The molecular weight excluding hydrogens is 421 g/mol. The number of carbonyl (C=O) groups is 2. The summed E-state index contributed by atoms with van der Waals surface area (Å²) < 4.78 is 20.1. The molecule has 0 unspecified atom stereocenters. The zero-order chi connectivity index (χ0) is 21.8. The molecule has 0 aliphatic heterocycles. The Balaban J connectivity index is 1.36. The van der Waals surface area contributed by atoms with Crippen LogP contribution in [0.15, 0.2) is 53.9 Å². The van der Waals surface area contributed by atoms with Gasteiger partial charge < -0.3 is 15.4 Å². The Labute approximate surface area is 180 Å². The first-order valence-electron chi connectivity index (χ1n) is 9.36. The maximum Gasteiger partial charge on any atom is 0.313 e. The van der Waals surface area contributed by atoms with Gasteiger partial charge in [-0.2, -0.15) is 4.98 Å². The lowest BCUT2D eigenvalue weighted by Gasteiger charge is -2.06. The Morgan fingerprint density at radius 2 is 1.97 bits per heavy atom. The van der Waals surface area contributed by atoms with E-state index in [1.807, 2.05) is 29.6 Å². The number of ether oxygens (including phenoxy) is 1. The molecule has 4 aromatic rings. The van der Waals surface area contributed by atoms with E-state index >= 15 is 0 Å². The Hall–Kier alpha value is -3.79. The van der Waals surface area contributed by atoms with E-state index in [2.05, 4.69) is 20.7 Å². The molecule has 4 rings (SSSR count). The molecule has 2 aromatic carbocycles. The van der Waals surface area contributed by atoms with Crippen LogP contribution in [-0.4, -0.2) is 40.1 Å². The molecule has 0 radical (unpaired) electrons. The summed E-state index contributed by atoms with van der Waals surface area (Å²) in [5.74, 6) is -0.810. The average molecular weight is 439 g/mol. The number of halogens is 1. The molecule has 0 atom stereocenters. The molecule has 0 bridgehead atoms. The molecule has 2 heterocycles. The second-order valence-corrected chi connectivity index (χ2v) is 7.39. The molecule has 0 aliphatic rings. The van der Waals surface area contributed by atoms with Crippen molar-refractivity contribution in [2.75, 3.05) is 19.0 Å². The number of benzene rings is 2. The number of hydrogen-bond acceptors (Lipinski definition) is 6. The van der Waals surface area contributed by atoms with E-state index < -0.39 is 17.6 Å². The number of thiazole rings is 1. The van der Waals surface area contributed by atoms with Gasteiger partial charge in [0.15, 0.2) is 5.82 Å². The summed E-state index contributed by atoms with van der Waals surface area (Å²) in [7, 11) is 1.61. The van der Waals surface area contributed by atoms with Crippen LogP contribution < -0.4 is 15.4 Å². The van der Waals surface area contributed by atoms with E-state index in [1.54, 1.807) is 11.6 Å². The van der Waals surface area contributed by atoms with Gasteiger partial charge in [0.05, 0.1) is 12.8 Å². The Bertz CT molecular complexity index is 1240. The Morgan fingerprint density at radius 1 is 1.16 bits per heavy atom. The van der Waals surface area contributed by atoms with Crippen LogP contribution >= 0.6 is 11.3 Å². The molecule has 158 valence electrons. The summed E-state index contributed by atoms with van der Waals surface area (Å²) in [5.41, 5.74) is 1.94. The highest BCUT2D eigenvalue weighted by atomic mass is 32.1. The summed E-state index contributed by atoms with van der Waals surface area (Å²) in [6.07, 6.45) is 0.463. The molecule has 2 N–H and O–H groups in total. The molecule has 0 saturated carbocycles. The van der Waals surface area contributed by atoms with Gasteiger partial charge in [-0.1, -0.05) is 6.07 Å². The van der Waals surface area contributed by atoms with Crippen molar-refractivity contribution in [1.29, 1.82) is 0 Å². The summed E-state index contributed by atoms with van der Waals surface area (Å²) in [5, 5.41) is 11.4. The van der Waals surface area contributed by atoms with Gasteiger partial charge in [0, 0.05) is 29.6 Å². The van der Waals surface area contributed by atoms with Crippen molar-refractivity contribution in [2.45, 2.75) is 6.42 Å². The van der Waals surface area contributed by atoms with E-state index in [4.69, 9.17) is 4.74 Å². The maximum atomic E-state index is 13.2. The number of hydrogen-bond donors (Lipinski definition) is 2. The third-order valence-corrected chi connectivity index (χ3v) is 5.32. The summed E-state index contributed by atoms with van der Waals surface area (Å²) >= 11 is 1.44. The molecule has 31 heavy (non-hydrogen) atoms. The van der Waals surface area contributed by atoms with Crippen molar-refractivity contribution < 1.29 is 18.7 Å². The zero-order valence-electron chi connectivity index (χ0n) is 16.5. The van der Waals surface area contributed by atoms with E-state index in [0.29, 0.717) is 12.2 Å². The van der Waals surface area contributed by atoms with E-state index in [1.165, 1.54) is 29.5 Å². The SMILES string of the molecule is COc1ccc(-c2nc3scc(CCNC(=O)C(=O)Nc4cccc(F)c4)n3n2)cc1. The number of carbonyl (C=O) groups excluding carboxylic acids is 2. The Kier molecular flexibility index (Phi) is 5.89. The summed E-state index contributed by atoms with van der Waals surface area (Å²) in [6.45, 7) is 0.235. The highest BCUT2D eigenvalue weighted by Crippen LogP contribution is 2.23. The maximum absolute atomic E-state index is 13.2. The highest BCUT2D eigenvalue weighted by molar-refractivity contribution is 7.15. The topological polar surface area (TPSA) is 97.6 Å². The second kappa shape index (κ2) is 8.92. The fourth-order valence-electron chi connectivity index (χ4n) is 2.90. The molecule has 0 fully saturated rings. The number of fused-ring (bicyclic) bond motifs is 1. The van der Waals surface area contributed by atoms with Crippen molar-refractivity contribution in [2.24, 2.45) is 0 Å². The van der Waals surface area contributed by atoms with Gasteiger partial charge in [0.25, 0.3) is 0 Å². The van der Waals surface area contributed by atoms with Crippen LogP contribution in [0.2, 0.25) is 0 Å². The fraction of sp³-hybridized carbons (Fsp3) is 0.143. The van der Waals surface area contributed by atoms with E-state index in [9.17, 15) is 14.0 Å². The fourth-order valence-corrected chi connectivity index (χ4v) is 3.75. The predicted molar refractivity (Wildman–Crippen MR) is 115 cm³/mol. The minimum Gasteiger partial charge on any atom is -0.497 e. The lowest BCUT2D eigenvalue weighted by Crippen LogP contribution is -2.36. The molecule has 0 saturated heterocycles. The molecule has 2 aromatic heterocycles. The molecule has 2 amide bonds. The van der Waals surface area contributed by atoms with Gasteiger partial charge in [-0.05, 0) is 42.5 Å². The van der Waals surface area contributed by atoms with Crippen molar-refractivity contribution in [3.63, 3.8) is 0 Å². The van der Waals surface area contributed by atoms with Crippen molar-refractivity contribution in [3.8, 4) is 17.1 Å². The zero-order valence-corrected chi connectivity index (χ0v) is 17.3. The minimum atomic E-state index is -0.858. The quantitative estimate of drug-likeness (QED) is 0.450. The smallest absolute Gasteiger partial charge is 0.313 e. The van der Waals surface area contributed by atoms with Gasteiger partial charge in [-0.3, -0.25) is 9.59 Å². The number of aromatic nitrogens is 3. The monoisotopic (exact) mass is 439 g/mol. The number of rotatable bonds is 6. The van der Waals surface area contributed by atoms with Gasteiger partial charge >= 0.3 is 11.8 Å². The number of methoxy groups -OCH3 is 1. The normalized spacial score (nSPS) is 10.8. The molecule has 8 nitrogen and oxygen atoms in total. The number of nitrogens with one attached hydrogen (secondary N) is 2. The lowest BCUT2D eigenvalue weighted by molar-refractivity contribution is -0.136. The van der Waals surface area contributed by atoms with Crippen molar-refractivity contribution in [3.05, 3.63) is 65.4 Å². The van der Waals surface area contributed by atoms with Crippen molar-refractivity contribution in [1.82, 2.24) is 19.9 Å². The average Bonchev–Trinajstić information content (AvgIpc) is 3.35. The molecule has 0 spiro atoms. The predicted octanol–water partition coefficient (Wildman–Crippen LogP) is 2.90. The first kappa shape index (κ1) is 20.5. The van der Waals surface area contributed by atoms with Crippen LogP contribution in [0.4, 0.5) is 10.1 Å². The highest BCUT2D eigenvalue weighted by Gasteiger charge is 2.15. The standard InChI is InChI=1S/C21H18FN5O3S/c1-30-17-7-5-13(6-8-17)18-25-21-27(26-18)16(12-31-21)9-10-23-19(28)20(29)24-15-4-2-3-14(22)11-15/h2-8,11-12H,9-10H2,1H3,(H,23,28)(H,24,29). The number of nitrogens with zero attached hydrogens (tertiary/aromatic N) is 3. The Morgan fingerprint density at radius 3 is 2.71 bits per heavy atom. The first-order valence-corrected chi connectivity index (χ1v) is 10.2. The molecular formula is C21H18FN5O3S. The van der Waals surface area contributed by atoms with Gasteiger partial charge in [-0.15, -0.1) is 16.4 Å². The third kappa shape index (κ3) is 4.69. The largest absolute Gasteiger partial charge is 0.497 e. The third-order valence-electron chi connectivity index (χ3n) is 4.45. The van der Waals surface area contributed by atoms with Gasteiger partial charge in [-0.25, -0.2) is 8.91 Å². The second-order valence-electron chi connectivity index (χ2n) is 6.56. The van der Waals surface area contributed by atoms with Gasteiger partial charge in [0.1, 0.15) is 11.6 Å². The van der Waals surface area contributed by atoms with E-state index in [-0.39, 0.29) is 12.2 Å². The van der Waals surface area contributed by atoms with Crippen molar-refractivity contribution >= 4 is 33.8 Å². The van der Waals surface area contributed by atoms with Crippen LogP contribution in [0, 0.1) is 5.82 Å². The van der Waals surface area contributed by atoms with Crippen LogP contribution in [-0.2, 0) is 16.0 Å². The van der Waals surface area contributed by atoms with Gasteiger partial charge in [0.2, 0.25) is 4.96 Å². The lowest BCUT2D eigenvalue weighted by atomic mass is 10.2. The summed E-state index contributed by atoms with van der Waals surface area (Å²) in [4.78, 5) is 29.2. The van der Waals surface area contributed by atoms with Crippen LogP contribution in [0.25, 0.3) is 16.3 Å². The molecule has 10 heteroatoms. The molecule has 0 aliphatic carbocycles.